The average molecular weight is 568 g/mol. The fourth-order valence-electron chi connectivity index (χ4n) is 6.47. The molecule has 0 spiro atoms. The first kappa shape index (κ1) is 29.6. The molecule has 4 aliphatic rings. The van der Waals surface area contributed by atoms with Crippen LogP contribution in [0.5, 0.6) is 0 Å². The number of nitrogens with zero attached hydrogens (tertiary/aromatic N) is 1. The van der Waals surface area contributed by atoms with E-state index in [1.807, 2.05) is 17.5 Å². The normalized spacial score (nSPS) is 26.4. The number of esters is 1. The number of ether oxygens (including phenoxy) is 1. The lowest BCUT2D eigenvalue weighted by Crippen LogP contribution is -2.65. The van der Waals surface area contributed by atoms with Crippen LogP contribution in [0.1, 0.15) is 55.4 Å². The molecule has 4 heterocycles. The zero-order valence-electron chi connectivity index (χ0n) is 21.9. The zero-order valence-corrected chi connectivity index (χ0v) is 22.7. The second-order valence-corrected chi connectivity index (χ2v) is 12.0. The minimum Gasteiger partial charge on any atom is -0.542 e. The summed E-state index contributed by atoms with van der Waals surface area (Å²) in [6, 6.07) is 14.5. The van der Waals surface area contributed by atoms with Crippen molar-refractivity contribution in [2.75, 3.05) is 26.2 Å². The van der Waals surface area contributed by atoms with Crippen LogP contribution in [-0.2, 0) is 26.3 Å². The molecule has 1 aromatic heterocycles. The molecule has 0 radical (unpaired) electrons. The van der Waals surface area contributed by atoms with Gasteiger partial charge in [-0.3, -0.25) is 0 Å². The van der Waals surface area contributed by atoms with Crippen LogP contribution in [0.3, 0.4) is 0 Å². The Morgan fingerprint density at radius 2 is 1.67 bits per heavy atom. The molecule has 3 saturated heterocycles. The molecular formula is C29H36F3NO5S. The van der Waals surface area contributed by atoms with Gasteiger partial charge in [0, 0.05) is 36.0 Å². The number of fused-ring (bicyclic) bond motifs is 3. The Morgan fingerprint density at radius 1 is 1.03 bits per heavy atom. The van der Waals surface area contributed by atoms with Crippen LogP contribution >= 0.6 is 11.3 Å². The molecule has 0 amide bonds. The van der Waals surface area contributed by atoms with Gasteiger partial charge in [-0.15, -0.1) is 11.3 Å². The van der Waals surface area contributed by atoms with Crippen LogP contribution < -0.4 is 5.11 Å². The van der Waals surface area contributed by atoms with Crippen molar-refractivity contribution in [2.45, 2.75) is 69.2 Å². The van der Waals surface area contributed by atoms with Gasteiger partial charge < -0.3 is 24.2 Å². The monoisotopic (exact) mass is 567 g/mol. The maximum Gasteiger partial charge on any atom is 0.430 e. The summed E-state index contributed by atoms with van der Waals surface area (Å²) >= 11 is 1.48. The lowest BCUT2D eigenvalue weighted by molar-refractivity contribution is -0.946. The quantitative estimate of drug-likeness (QED) is 0.382. The Labute approximate surface area is 231 Å². The van der Waals surface area contributed by atoms with E-state index in [-0.39, 0.29) is 12.0 Å². The van der Waals surface area contributed by atoms with Crippen molar-refractivity contribution in [2.24, 2.45) is 11.8 Å². The van der Waals surface area contributed by atoms with Crippen LogP contribution in [0.15, 0.2) is 47.8 Å². The molecule has 214 valence electrons. The number of aliphatic carboxylic acids is 1. The summed E-state index contributed by atoms with van der Waals surface area (Å²) in [4.78, 5) is 23.1. The van der Waals surface area contributed by atoms with Gasteiger partial charge in [0.15, 0.2) is 11.7 Å². The van der Waals surface area contributed by atoms with Gasteiger partial charge in [-0.2, -0.15) is 13.2 Å². The second-order valence-electron chi connectivity index (χ2n) is 11.1. The molecule has 10 heteroatoms. The SMILES string of the molecule is O=C(O[C@H]1C[N+]2(CCCc3ccccc3)CCC1CC2)[C@](O)(c1cccs1)C1CCCC1.O=C([O-])C(F)(F)F. The maximum atomic E-state index is 13.5. The molecule has 1 aliphatic carbocycles. The lowest BCUT2D eigenvalue weighted by Gasteiger charge is -2.52. The molecule has 1 aromatic carbocycles. The molecule has 1 N–H and O–H groups in total. The molecule has 3 aliphatic heterocycles. The fraction of sp³-hybridized carbons (Fsp3) is 0.586. The number of carboxylic acid groups (broad SMARTS) is 1. The zero-order chi connectivity index (χ0) is 28.1. The Morgan fingerprint density at radius 3 is 2.23 bits per heavy atom. The fourth-order valence-corrected chi connectivity index (χ4v) is 7.36. The van der Waals surface area contributed by atoms with Gasteiger partial charge in [-0.05, 0) is 36.3 Å². The van der Waals surface area contributed by atoms with E-state index in [2.05, 4.69) is 30.3 Å². The standard InChI is InChI=1S/C27H36NO3S.C2HF3O2/c29-26(27(30,23-11-4-5-12-23)25-13-7-19-32-25)31-24-20-28(17-14-22(24)15-18-28)16-6-10-21-8-2-1-3-9-21;3-2(4,5)1(6)7/h1-3,7-9,13,19,22-24,30H,4-6,10-12,14-18,20H2;(H,6,7)/q+1;/p-1/t22?,24-,27+,28?;/m0./s1. The van der Waals surface area contributed by atoms with Gasteiger partial charge in [0.2, 0.25) is 0 Å². The Bertz CT molecular complexity index is 1080. The van der Waals surface area contributed by atoms with Gasteiger partial charge in [0.05, 0.1) is 19.6 Å². The van der Waals surface area contributed by atoms with E-state index in [1.165, 1.54) is 30.0 Å². The number of alkyl halides is 3. The largest absolute Gasteiger partial charge is 0.542 e. The van der Waals surface area contributed by atoms with Crippen LogP contribution in [0.25, 0.3) is 0 Å². The number of carbonyl (C=O) groups excluding carboxylic acids is 2. The molecule has 4 fully saturated rings. The van der Waals surface area contributed by atoms with Gasteiger partial charge in [0.25, 0.3) is 0 Å². The highest BCUT2D eigenvalue weighted by molar-refractivity contribution is 7.10. The third-order valence-electron chi connectivity index (χ3n) is 8.63. The minimum atomic E-state index is -5.19. The summed E-state index contributed by atoms with van der Waals surface area (Å²) in [5.41, 5.74) is -0.0763. The topological polar surface area (TPSA) is 86.7 Å². The molecule has 39 heavy (non-hydrogen) atoms. The Hall–Kier alpha value is -2.43. The number of benzene rings is 1. The van der Waals surface area contributed by atoms with Crippen LogP contribution in [0.4, 0.5) is 13.2 Å². The van der Waals surface area contributed by atoms with E-state index < -0.39 is 23.7 Å². The van der Waals surface area contributed by atoms with Crippen molar-refractivity contribution >= 4 is 23.3 Å². The number of carboxylic acids is 1. The van der Waals surface area contributed by atoms with E-state index in [0.29, 0.717) is 5.92 Å². The number of halogens is 3. The maximum absolute atomic E-state index is 13.5. The molecular weight excluding hydrogens is 531 g/mol. The van der Waals surface area contributed by atoms with Crippen LogP contribution in [-0.4, -0.2) is 60.0 Å². The number of thiophene rings is 1. The summed E-state index contributed by atoms with van der Waals surface area (Å²) in [7, 11) is 0. The number of quaternary nitrogens is 1. The Balaban J connectivity index is 0.000000448. The third kappa shape index (κ3) is 7.02. The number of aryl methyl sites for hydroxylation is 1. The molecule has 2 aromatic rings. The van der Waals surface area contributed by atoms with E-state index in [1.54, 1.807) is 0 Å². The van der Waals surface area contributed by atoms with Gasteiger partial charge in [-0.1, -0.05) is 49.2 Å². The predicted molar refractivity (Wildman–Crippen MR) is 138 cm³/mol. The number of carbonyl (C=O) groups is 2. The molecule has 6 rings (SSSR count). The average Bonchev–Trinajstić information content (AvgIpc) is 3.65. The predicted octanol–water partition coefficient (Wildman–Crippen LogP) is 4.21. The highest BCUT2D eigenvalue weighted by atomic mass is 32.1. The minimum absolute atomic E-state index is 0.0243. The van der Waals surface area contributed by atoms with E-state index in [0.717, 1.165) is 73.8 Å². The van der Waals surface area contributed by atoms with Gasteiger partial charge >= 0.3 is 12.1 Å². The summed E-state index contributed by atoms with van der Waals surface area (Å²) in [6.45, 7) is 4.46. The first-order chi connectivity index (χ1) is 18.5. The van der Waals surface area contributed by atoms with Crippen molar-refractivity contribution in [3.05, 3.63) is 58.3 Å². The highest BCUT2D eigenvalue weighted by Gasteiger charge is 2.53. The second kappa shape index (κ2) is 12.4. The van der Waals surface area contributed by atoms with Gasteiger partial charge in [-0.25, -0.2) is 4.79 Å². The summed E-state index contributed by atoms with van der Waals surface area (Å²) in [6.07, 6.45) is 3.24. The van der Waals surface area contributed by atoms with E-state index in [9.17, 15) is 23.1 Å². The van der Waals surface area contributed by atoms with E-state index in [4.69, 9.17) is 14.6 Å². The van der Waals surface area contributed by atoms with Crippen molar-refractivity contribution in [1.82, 2.24) is 0 Å². The lowest BCUT2D eigenvalue weighted by atomic mass is 9.81. The van der Waals surface area contributed by atoms with Crippen LogP contribution in [0, 0.1) is 11.8 Å². The first-order valence-electron chi connectivity index (χ1n) is 13.7. The number of hydrogen-bond acceptors (Lipinski definition) is 6. The summed E-state index contributed by atoms with van der Waals surface area (Å²) in [5.74, 6) is -2.98. The number of hydrogen-bond donors (Lipinski definition) is 1. The van der Waals surface area contributed by atoms with E-state index >= 15 is 0 Å². The third-order valence-corrected chi connectivity index (χ3v) is 9.62. The van der Waals surface area contributed by atoms with Gasteiger partial charge in [0.1, 0.15) is 12.5 Å². The highest BCUT2D eigenvalue weighted by Crippen LogP contribution is 2.44. The van der Waals surface area contributed by atoms with Crippen molar-refractivity contribution in [3.8, 4) is 0 Å². The molecule has 1 saturated carbocycles. The molecule has 6 nitrogen and oxygen atoms in total. The molecule has 2 bridgehead atoms. The van der Waals surface area contributed by atoms with Crippen molar-refractivity contribution < 1.29 is 42.2 Å². The van der Waals surface area contributed by atoms with Crippen LogP contribution in [0.2, 0.25) is 0 Å². The first-order valence-corrected chi connectivity index (χ1v) is 14.6. The number of piperidine rings is 3. The molecule has 0 unspecified atom stereocenters. The van der Waals surface area contributed by atoms with Crippen molar-refractivity contribution in [3.63, 3.8) is 0 Å². The molecule has 2 atom stereocenters. The number of rotatable bonds is 8. The summed E-state index contributed by atoms with van der Waals surface area (Å²) < 4.78 is 38.8. The van der Waals surface area contributed by atoms with Crippen molar-refractivity contribution in [1.29, 1.82) is 0 Å². The number of aliphatic hydroxyl groups is 1. The smallest absolute Gasteiger partial charge is 0.430 e. The Kier molecular flexibility index (Phi) is 9.39. The summed E-state index contributed by atoms with van der Waals surface area (Å²) in [5, 5.41) is 22.4.